The molecule has 8 nitrogen and oxygen atoms in total. The lowest BCUT2D eigenvalue weighted by atomic mass is 10.0. The summed E-state index contributed by atoms with van der Waals surface area (Å²) in [5.74, 6) is 0.0970. The van der Waals surface area contributed by atoms with Gasteiger partial charge >= 0.3 is 6.03 Å². The minimum atomic E-state index is -0.460. The molecule has 156 valence electrons. The molecule has 31 heavy (non-hydrogen) atoms. The Morgan fingerprint density at radius 2 is 1.90 bits per heavy atom. The lowest BCUT2D eigenvalue weighted by Gasteiger charge is -2.13. The van der Waals surface area contributed by atoms with Crippen LogP contribution in [0.1, 0.15) is 18.1 Å². The zero-order valence-electron chi connectivity index (χ0n) is 16.7. The Labute approximate surface area is 177 Å². The molecule has 0 atom stereocenters. The molecule has 0 radical (unpaired) electrons. The van der Waals surface area contributed by atoms with E-state index in [1.54, 1.807) is 31.2 Å². The van der Waals surface area contributed by atoms with Gasteiger partial charge in [0.25, 0.3) is 11.6 Å². The van der Waals surface area contributed by atoms with Crippen molar-refractivity contribution in [2.75, 3.05) is 6.54 Å². The van der Waals surface area contributed by atoms with E-state index in [9.17, 15) is 19.7 Å². The van der Waals surface area contributed by atoms with Crippen molar-refractivity contribution in [2.45, 2.75) is 13.5 Å². The molecule has 1 aliphatic rings. The number of nitrogens with zero attached hydrogens (tertiary/aromatic N) is 2. The number of carbonyl (C=O) groups excluding carboxylic acids is 2. The average Bonchev–Trinajstić information content (AvgIpc) is 3.05. The maximum Gasteiger partial charge on any atom is 0.328 e. The quantitative estimate of drug-likeness (QED) is 0.280. The standard InChI is InChI=1S/C23H19N3O5/c1-2-25-22(27)20(24-23(25)28)13-19-18-9-4-3-7-16(18)10-11-21(19)31-14-15-6-5-8-17(12-15)26(29)30/h3-13H,2,14H2,1H3,(H,24,28)/b20-13+. The number of benzene rings is 3. The molecule has 1 heterocycles. The molecule has 0 aliphatic carbocycles. The van der Waals surface area contributed by atoms with Crippen LogP contribution in [0.5, 0.6) is 5.75 Å². The second-order valence-corrected chi connectivity index (χ2v) is 6.95. The summed E-state index contributed by atoms with van der Waals surface area (Å²) >= 11 is 0. The summed E-state index contributed by atoms with van der Waals surface area (Å²) < 4.78 is 5.99. The Morgan fingerprint density at radius 1 is 1.10 bits per heavy atom. The highest BCUT2D eigenvalue weighted by Gasteiger charge is 2.32. The van der Waals surface area contributed by atoms with Crippen LogP contribution in [0.15, 0.2) is 66.4 Å². The number of rotatable bonds is 6. The van der Waals surface area contributed by atoms with Crippen LogP contribution in [0.2, 0.25) is 0 Å². The molecular formula is C23H19N3O5. The molecule has 0 aromatic heterocycles. The second kappa shape index (κ2) is 8.27. The number of carbonyl (C=O) groups is 2. The molecule has 3 amide bonds. The normalized spacial score (nSPS) is 14.9. The van der Waals surface area contributed by atoms with Gasteiger partial charge in [0, 0.05) is 24.2 Å². The van der Waals surface area contributed by atoms with Crippen LogP contribution in [0, 0.1) is 10.1 Å². The second-order valence-electron chi connectivity index (χ2n) is 6.95. The van der Waals surface area contributed by atoms with Gasteiger partial charge in [-0.3, -0.25) is 19.8 Å². The molecule has 1 aliphatic heterocycles. The molecular weight excluding hydrogens is 398 g/mol. The Kier molecular flexibility index (Phi) is 5.36. The number of imide groups is 1. The third-order valence-electron chi connectivity index (χ3n) is 5.01. The number of nitrogens with one attached hydrogen (secondary N) is 1. The van der Waals surface area contributed by atoms with Crippen molar-refractivity contribution >= 4 is 34.5 Å². The van der Waals surface area contributed by atoms with E-state index in [2.05, 4.69) is 5.32 Å². The van der Waals surface area contributed by atoms with Crippen LogP contribution < -0.4 is 10.1 Å². The van der Waals surface area contributed by atoms with Gasteiger partial charge in [0.2, 0.25) is 0 Å². The number of hydrogen-bond acceptors (Lipinski definition) is 5. The van der Waals surface area contributed by atoms with Gasteiger partial charge in [-0.2, -0.15) is 0 Å². The molecule has 4 rings (SSSR count). The van der Waals surface area contributed by atoms with Gasteiger partial charge in [-0.25, -0.2) is 4.79 Å². The fraction of sp³-hybridized carbons (Fsp3) is 0.130. The number of nitro groups is 1. The van der Waals surface area contributed by atoms with Crippen molar-refractivity contribution < 1.29 is 19.2 Å². The van der Waals surface area contributed by atoms with E-state index in [-0.39, 0.29) is 24.5 Å². The van der Waals surface area contributed by atoms with Crippen molar-refractivity contribution in [2.24, 2.45) is 0 Å². The maximum atomic E-state index is 12.5. The number of amides is 3. The zero-order valence-corrected chi connectivity index (χ0v) is 16.7. The van der Waals surface area contributed by atoms with Crippen molar-refractivity contribution in [1.29, 1.82) is 0 Å². The molecule has 0 spiro atoms. The van der Waals surface area contributed by atoms with Gasteiger partial charge in [-0.05, 0) is 35.4 Å². The van der Waals surface area contributed by atoms with Crippen molar-refractivity contribution in [1.82, 2.24) is 10.2 Å². The van der Waals surface area contributed by atoms with E-state index >= 15 is 0 Å². The Balaban J connectivity index is 1.72. The molecule has 0 saturated carbocycles. The molecule has 3 aromatic carbocycles. The summed E-state index contributed by atoms with van der Waals surface area (Å²) in [7, 11) is 0. The van der Waals surface area contributed by atoms with Gasteiger partial charge in [-0.1, -0.05) is 42.5 Å². The maximum absolute atomic E-state index is 12.5. The number of fused-ring (bicyclic) bond motifs is 1. The van der Waals surface area contributed by atoms with Crippen molar-refractivity contribution in [3.8, 4) is 5.75 Å². The van der Waals surface area contributed by atoms with E-state index in [4.69, 9.17) is 4.74 Å². The van der Waals surface area contributed by atoms with Gasteiger partial charge < -0.3 is 10.1 Å². The average molecular weight is 417 g/mol. The summed E-state index contributed by atoms with van der Waals surface area (Å²) in [6, 6.07) is 17.1. The molecule has 3 aromatic rings. The highest BCUT2D eigenvalue weighted by Crippen LogP contribution is 2.31. The number of hydrogen-bond donors (Lipinski definition) is 1. The molecule has 8 heteroatoms. The number of likely N-dealkylation sites (N-methyl/N-ethyl adjacent to an activating group) is 1. The highest BCUT2D eigenvalue weighted by molar-refractivity contribution is 6.14. The van der Waals surface area contributed by atoms with Crippen molar-refractivity contribution in [3.05, 3.63) is 87.6 Å². The largest absolute Gasteiger partial charge is 0.488 e. The van der Waals surface area contributed by atoms with Gasteiger partial charge in [0.05, 0.1) is 4.92 Å². The van der Waals surface area contributed by atoms with E-state index in [1.807, 2.05) is 30.3 Å². The monoisotopic (exact) mass is 417 g/mol. The van der Waals surface area contributed by atoms with Crippen molar-refractivity contribution in [3.63, 3.8) is 0 Å². The van der Waals surface area contributed by atoms with Crippen LogP contribution in [0.25, 0.3) is 16.8 Å². The lowest BCUT2D eigenvalue weighted by molar-refractivity contribution is -0.384. The number of nitro benzene ring substituents is 1. The fourth-order valence-electron chi connectivity index (χ4n) is 3.47. The van der Waals surface area contributed by atoms with E-state index in [1.165, 1.54) is 12.1 Å². The van der Waals surface area contributed by atoms with Crippen LogP contribution in [-0.2, 0) is 11.4 Å². The van der Waals surface area contributed by atoms with Crippen LogP contribution in [0.4, 0.5) is 10.5 Å². The molecule has 1 saturated heterocycles. The fourth-order valence-corrected chi connectivity index (χ4v) is 3.47. The molecule has 1 N–H and O–H groups in total. The first-order chi connectivity index (χ1) is 15.0. The first kappa shape index (κ1) is 20.1. The van der Waals surface area contributed by atoms with Gasteiger partial charge in [-0.15, -0.1) is 0 Å². The number of ether oxygens (including phenoxy) is 1. The smallest absolute Gasteiger partial charge is 0.328 e. The molecule has 1 fully saturated rings. The van der Waals surface area contributed by atoms with Gasteiger partial charge in [0.15, 0.2) is 0 Å². The Bertz CT molecular complexity index is 1230. The summed E-state index contributed by atoms with van der Waals surface area (Å²) in [5, 5.41) is 15.4. The zero-order chi connectivity index (χ0) is 22.0. The summed E-state index contributed by atoms with van der Waals surface area (Å²) in [6.45, 7) is 2.11. The first-order valence-electron chi connectivity index (χ1n) is 9.70. The van der Waals surface area contributed by atoms with Crippen LogP contribution in [0.3, 0.4) is 0 Å². The van der Waals surface area contributed by atoms with Crippen LogP contribution >= 0.6 is 0 Å². The molecule has 0 bridgehead atoms. The van der Waals surface area contributed by atoms with E-state index < -0.39 is 16.9 Å². The lowest BCUT2D eigenvalue weighted by Crippen LogP contribution is -2.30. The minimum absolute atomic E-state index is 0.0131. The number of non-ortho nitro benzene ring substituents is 1. The SMILES string of the molecule is CCN1C(=O)N/C(=C/c2c(OCc3cccc([N+](=O)[O-])c3)ccc3ccccc23)C1=O. The van der Waals surface area contributed by atoms with E-state index in [0.717, 1.165) is 15.7 Å². The minimum Gasteiger partial charge on any atom is -0.488 e. The van der Waals surface area contributed by atoms with E-state index in [0.29, 0.717) is 16.9 Å². The Hall–Kier alpha value is -4.20. The summed E-state index contributed by atoms with van der Waals surface area (Å²) in [4.78, 5) is 36.3. The third-order valence-corrected chi connectivity index (χ3v) is 5.01. The first-order valence-corrected chi connectivity index (χ1v) is 9.70. The highest BCUT2D eigenvalue weighted by atomic mass is 16.6. The Morgan fingerprint density at radius 3 is 2.65 bits per heavy atom. The van der Waals surface area contributed by atoms with Gasteiger partial charge in [0.1, 0.15) is 18.1 Å². The summed E-state index contributed by atoms with van der Waals surface area (Å²) in [6.07, 6.45) is 1.61. The van der Waals surface area contributed by atoms with Crippen LogP contribution in [-0.4, -0.2) is 28.3 Å². The predicted octanol–water partition coefficient (Wildman–Crippen LogP) is 4.24. The number of urea groups is 1. The summed E-state index contributed by atoms with van der Waals surface area (Å²) in [5.41, 5.74) is 1.44. The predicted molar refractivity (Wildman–Crippen MR) is 115 cm³/mol. The topological polar surface area (TPSA) is 102 Å². The molecule has 0 unspecified atom stereocenters. The third kappa shape index (κ3) is 3.95.